The predicted octanol–water partition coefficient (Wildman–Crippen LogP) is 2.05. The first kappa shape index (κ1) is 25.8. The summed E-state index contributed by atoms with van der Waals surface area (Å²) in [7, 11) is 9.04. The summed E-state index contributed by atoms with van der Waals surface area (Å²) < 4.78 is 21.5. The van der Waals surface area contributed by atoms with E-state index in [2.05, 4.69) is 10.6 Å². The monoisotopic (exact) mass is 436 g/mol. The average molecular weight is 436 g/mol. The lowest BCUT2D eigenvalue weighted by Gasteiger charge is -2.27. The van der Waals surface area contributed by atoms with Crippen LogP contribution in [0.1, 0.15) is 45.4 Å². The first-order valence-corrected chi connectivity index (χ1v) is 12.4. The molecule has 2 unspecified atom stereocenters. The van der Waals surface area contributed by atoms with Crippen molar-refractivity contribution in [2.24, 2.45) is 5.92 Å². The van der Waals surface area contributed by atoms with E-state index in [0.717, 1.165) is 38.5 Å². The summed E-state index contributed by atoms with van der Waals surface area (Å²) in [5, 5.41) is 5.52. The van der Waals surface area contributed by atoms with E-state index in [1.54, 1.807) is 7.11 Å². The molecule has 1 fully saturated rings. The predicted molar refractivity (Wildman–Crippen MR) is 113 cm³/mol. The number of nitrogens with one attached hydrogen (secondary N) is 2. The highest BCUT2D eigenvalue weighted by molar-refractivity contribution is 8.07. The zero-order chi connectivity index (χ0) is 21.0. The van der Waals surface area contributed by atoms with Gasteiger partial charge in [-0.2, -0.15) is 0 Å². The summed E-state index contributed by atoms with van der Waals surface area (Å²) in [6.07, 6.45) is 5.06. The molecule has 2 radical (unpaired) electrons. The van der Waals surface area contributed by atoms with Crippen LogP contribution in [-0.4, -0.2) is 70.9 Å². The van der Waals surface area contributed by atoms with Gasteiger partial charge in [-0.25, -0.2) is 4.79 Å². The summed E-state index contributed by atoms with van der Waals surface area (Å²) in [4.78, 5) is 21.3. The Hall–Kier alpha value is -0.215. The second-order valence-electron chi connectivity index (χ2n) is 6.82. The van der Waals surface area contributed by atoms with E-state index in [9.17, 15) is 9.69 Å². The first-order chi connectivity index (χ1) is 13.3. The summed E-state index contributed by atoms with van der Waals surface area (Å²) in [6, 6.07) is -0.603. The SMILES string of the molecule is [B][C@@H]1O[C@H](COC)C(OP(O)(=S)OC)[C@@H]1CCCCCCCNC(=O)NCC. The Labute approximate surface area is 175 Å². The van der Waals surface area contributed by atoms with Crippen molar-refractivity contribution in [3.05, 3.63) is 0 Å². The van der Waals surface area contributed by atoms with E-state index >= 15 is 0 Å². The maximum Gasteiger partial charge on any atom is 0.324 e. The largest absolute Gasteiger partial charge is 0.382 e. The lowest BCUT2D eigenvalue weighted by Crippen LogP contribution is -2.35. The van der Waals surface area contributed by atoms with Gasteiger partial charge < -0.3 is 34.0 Å². The third-order valence-corrected chi connectivity index (χ3v) is 6.37. The Morgan fingerprint density at radius 1 is 1.21 bits per heavy atom. The van der Waals surface area contributed by atoms with Crippen LogP contribution < -0.4 is 10.6 Å². The summed E-state index contributed by atoms with van der Waals surface area (Å²) in [6.45, 7) is 0.195. The van der Waals surface area contributed by atoms with Crippen molar-refractivity contribution in [3.8, 4) is 0 Å². The number of ether oxygens (including phenoxy) is 2. The average Bonchev–Trinajstić information content (AvgIpc) is 2.92. The van der Waals surface area contributed by atoms with Gasteiger partial charge in [0.2, 0.25) is 0 Å². The number of urea groups is 1. The molecule has 0 aliphatic carbocycles. The zero-order valence-electron chi connectivity index (χ0n) is 17.1. The van der Waals surface area contributed by atoms with Crippen molar-refractivity contribution in [2.75, 3.05) is 33.9 Å². The highest BCUT2D eigenvalue weighted by atomic mass is 32.5. The zero-order valence-corrected chi connectivity index (χ0v) is 18.8. The Balaban J connectivity index is 2.33. The molecule has 1 aliphatic rings. The fourth-order valence-electron chi connectivity index (χ4n) is 3.27. The van der Waals surface area contributed by atoms with Gasteiger partial charge in [0, 0.05) is 39.2 Å². The summed E-state index contributed by atoms with van der Waals surface area (Å²) in [5.41, 5.74) is 0. The Morgan fingerprint density at radius 3 is 2.54 bits per heavy atom. The molecule has 0 aromatic carbocycles. The molecule has 1 rings (SSSR count). The maximum absolute atomic E-state index is 11.3. The minimum absolute atomic E-state index is 0.0795. The van der Waals surface area contributed by atoms with Crippen molar-refractivity contribution in [1.29, 1.82) is 0 Å². The van der Waals surface area contributed by atoms with E-state index in [1.165, 1.54) is 7.11 Å². The van der Waals surface area contributed by atoms with E-state index in [4.69, 9.17) is 38.2 Å². The molecule has 5 atom stereocenters. The molecule has 0 spiro atoms. The van der Waals surface area contributed by atoms with Gasteiger partial charge in [0.25, 0.3) is 0 Å². The standard InChI is InChI=1S/C17H34BN2O6PS/c1-4-19-17(21)20-11-9-7-5-6-8-10-13-15(26-27(22,28)24-3)14(12-23-2)25-16(13)18/h13-16H,4-12H2,1-3H3,(H,22,28)(H2,19,20,21)/t13-,14+,15?,16+,27?/m0/s1. The number of unbranched alkanes of at least 4 members (excludes halogenated alkanes) is 4. The van der Waals surface area contributed by atoms with Gasteiger partial charge in [0.05, 0.1) is 6.61 Å². The van der Waals surface area contributed by atoms with Gasteiger partial charge in [-0.3, -0.25) is 0 Å². The normalized spacial score (nSPS) is 26.7. The van der Waals surface area contributed by atoms with E-state index < -0.39 is 18.8 Å². The Kier molecular flexibility index (Phi) is 12.8. The van der Waals surface area contributed by atoms with Gasteiger partial charge in [0.15, 0.2) is 0 Å². The number of methoxy groups -OCH3 is 1. The Bertz CT molecular complexity index is 504. The molecule has 3 N–H and O–H groups in total. The molecule has 0 aromatic rings. The topological polar surface area (TPSA) is 98.3 Å². The molecule has 11 heteroatoms. The van der Waals surface area contributed by atoms with Crippen molar-refractivity contribution in [1.82, 2.24) is 10.6 Å². The van der Waals surface area contributed by atoms with Gasteiger partial charge in [0.1, 0.15) is 20.1 Å². The van der Waals surface area contributed by atoms with Crippen molar-refractivity contribution in [2.45, 2.75) is 63.7 Å². The quantitative estimate of drug-likeness (QED) is 0.218. The number of amides is 2. The number of carbonyl (C=O) groups is 1. The smallest absolute Gasteiger partial charge is 0.324 e. The van der Waals surface area contributed by atoms with Crippen LogP contribution in [0.5, 0.6) is 0 Å². The van der Waals surface area contributed by atoms with Crippen LogP contribution in [0.25, 0.3) is 0 Å². The number of rotatable bonds is 14. The number of hydrogen-bond acceptors (Lipinski definition) is 6. The third kappa shape index (κ3) is 9.52. The summed E-state index contributed by atoms with van der Waals surface area (Å²) in [5.74, 6) is -0.0795. The highest BCUT2D eigenvalue weighted by Gasteiger charge is 2.44. The molecule has 1 heterocycles. The lowest BCUT2D eigenvalue weighted by atomic mass is 9.81. The fourth-order valence-corrected chi connectivity index (χ4v) is 4.26. The van der Waals surface area contributed by atoms with Crippen LogP contribution in [0, 0.1) is 5.92 Å². The van der Waals surface area contributed by atoms with Crippen LogP contribution in [0.3, 0.4) is 0 Å². The third-order valence-electron chi connectivity index (χ3n) is 4.70. The van der Waals surface area contributed by atoms with E-state index in [0.29, 0.717) is 19.7 Å². The second kappa shape index (κ2) is 13.9. The minimum Gasteiger partial charge on any atom is -0.382 e. The molecule has 2 amide bonds. The molecule has 1 saturated heterocycles. The molecule has 0 aromatic heterocycles. The van der Waals surface area contributed by atoms with Gasteiger partial charge in [-0.1, -0.05) is 25.7 Å². The lowest BCUT2D eigenvalue weighted by molar-refractivity contribution is -0.0147. The van der Waals surface area contributed by atoms with Crippen LogP contribution in [-0.2, 0) is 30.3 Å². The number of carbonyl (C=O) groups excluding carboxylic acids is 1. The molecular weight excluding hydrogens is 402 g/mol. The van der Waals surface area contributed by atoms with Crippen LogP contribution >= 0.6 is 6.72 Å². The molecule has 0 saturated carbocycles. The van der Waals surface area contributed by atoms with Gasteiger partial charge >= 0.3 is 12.7 Å². The molecular formula is C17H34BN2O6PS. The van der Waals surface area contributed by atoms with Crippen molar-refractivity contribution in [3.63, 3.8) is 0 Å². The van der Waals surface area contributed by atoms with E-state index in [-0.39, 0.29) is 18.1 Å². The molecule has 28 heavy (non-hydrogen) atoms. The fraction of sp³-hybridized carbons (Fsp3) is 0.941. The maximum atomic E-state index is 11.3. The molecule has 8 nitrogen and oxygen atoms in total. The second-order valence-corrected chi connectivity index (χ2v) is 9.72. The van der Waals surface area contributed by atoms with Crippen molar-refractivity contribution < 1.29 is 28.2 Å². The van der Waals surface area contributed by atoms with Crippen molar-refractivity contribution >= 4 is 32.4 Å². The van der Waals surface area contributed by atoms with Gasteiger partial charge in [-0.05, 0) is 31.6 Å². The first-order valence-electron chi connectivity index (χ1n) is 9.83. The van der Waals surface area contributed by atoms with Gasteiger partial charge in [-0.15, -0.1) is 0 Å². The molecule has 1 aliphatic heterocycles. The highest BCUT2D eigenvalue weighted by Crippen LogP contribution is 2.48. The molecule has 162 valence electrons. The van der Waals surface area contributed by atoms with Crippen LogP contribution in [0.15, 0.2) is 0 Å². The number of hydrogen-bond donors (Lipinski definition) is 3. The minimum atomic E-state index is -3.32. The van der Waals surface area contributed by atoms with E-state index in [1.807, 2.05) is 6.92 Å². The molecule has 0 bridgehead atoms. The van der Waals surface area contributed by atoms with Crippen LogP contribution in [0.2, 0.25) is 0 Å². The summed E-state index contributed by atoms with van der Waals surface area (Å²) >= 11 is 4.99. The van der Waals surface area contributed by atoms with Crippen LogP contribution in [0.4, 0.5) is 4.79 Å². The Morgan fingerprint density at radius 2 is 1.89 bits per heavy atom.